The van der Waals surface area contributed by atoms with Crippen LogP contribution in [0.1, 0.15) is 12.0 Å². The molecule has 2 aromatic rings. The lowest BCUT2D eigenvalue weighted by molar-refractivity contribution is -0.389. The first-order chi connectivity index (χ1) is 13.0. The van der Waals surface area contributed by atoms with E-state index in [1.165, 1.54) is 12.1 Å². The van der Waals surface area contributed by atoms with E-state index >= 15 is 0 Å². The number of para-hydroxylation sites is 1. The van der Waals surface area contributed by atoms with E-state index in [0.29, 0.717) is 6.54 Å². The second kappa shape index (κ2) is 6.67. The van der Waals surface area contributed by atoms with Crippen molar-refractivity contribution in [3.05, 3.63) is 52.1 Å². The predicted molar refractivity (Wildman–Crippen MR) is 95.9 cm³/mol. The van der Waals surface area contributed by atoms with E-state index in [9.17, 15) is 19.7 Å². The standard InChI is InChI=1S/C18H16N4O5/c23-16(20-9-3-5-12-4-1-2-6-13(12)20)10-21-17(24)11-27-14-7-8-15(22(25)26)19-18(14)21/h1-2,4,6-8H,3,5,9-11H2. The fraction of sp³-hybridized carbons (Fsp3) is 0.278. The Morgan fingerprint density at radius 1 is 1.26 bits per heavy atom. The minimum atomic E-state index is -0.653. The molecule has 3 heterocycles. The van der Waals surface area contributed by atoms with Crippen LogP contribution < -0.4 is 14.5 Å². The number of fused-ring (bicyclic) bond motifs is 2. The number of amides is 2. The Morgan fingerprint density at radius 3 is 2.89 bits per heavy atom. The number of rotatable bonds is 3. The number of benzene rings is 1. The van der Waals surface area contributed by atoms with E-state index < -0.39 is 16.6 Å². The molecule has 2 aliphatic rings. The number of anilines is 2. The van der Waals surface area contributed by atoms with Crippen molar-refractivity contribution in [2.24, 2.45) is 0 Å². The van der Waals surface area contributed by atoms with Crippen molar-refractivity contribution in [3.8, 4) is 5.75 Å². The Morgan fingerprint density at radius 2 is 2.07 bits per heavy atom. The van der Waals surface area contributed by atoms with Crippen LogP contribution in [0, 0.1) is 10.1 Å². The highest BCUT2D eigenvalue weighted by Gasteiger charge is 2.35. The topological polar surface area (TPSA) is 106 Å². The Balaban J connectivity index is 1.63. The molecule has 2 aliphatic heterocycles. The van der Waals surface area contributed by atoms with E-state index in [4.69, 9.17) is 4.74 Å². The molecule has 2 amide bonds. The molecule has 0 N–H and O–H groups in total. The Bertz CT molecular complexity index is 945. The maximum Gasteiger partial charge on any atom is 0.366 e. The molecule has 9 heteroatoms. The number of ether oxygens (including phenoxy) is 1. The zero-order chi connectivity index (χ0) is 19.0. The van der Waals surface area contributed by atoms with Crippen molar-refractivity contribution >= 4 is 29.1 Å². The molecule has 138 valence electrons. The molecule has 0 radical (unpaired) electrons. The van der Waals surface area contributed by atoms with Crippen molar-refractivity contribution < 1.29 is 19.2 Å². The number of hydrogen-bond donors (Lipinski definition) is 0. The summed E-state index contributed by atoms with van der Waals surface area (Å²) in [5, 5.41) is 11.0. The van der Waals surface area contributed by atoms with E-state index in [1.807, 2.05) is 24.3 Å². The average molecular weight is 368 g/mol. The van der Waals surface area contributed by atoms with Gasteiger partial charge in [0, 0.05) is 18.3 Å². The number of aromatic nitrogens is 1. The Hall–Kier alpha value is -3.49. The molecular weight excluding hydrogens is 352 g/mol. The molecule has 9 nitrogen and oxygen atoms in total. The third-order valence-electron chi connectivity index (χ3n) is 4.62. The third kappa shape index (κ3) is 3.07. The Labute approximate surface area is 154 Å². The summed E-state index contributed by atoms with van der Waals surface area (Å²) >= 11 is 0. The number of pyridine rings is 1. The van der Waals surface area contributed by atoms with Gasteiger partial charge in [0.1, 0.15) is 6.54 Å². The normalized spacial score (nSPS) is 15.6. The predicted octanol–water partition coefficient (Wildman–Crippen LogP) is 1.69. The molecule has 4 rings (SSSR count). The Kier molecular flexibility index (Phi) is 4.19. The summed E-state index contributed by atoms with van der Waals surface area (Å²) in [6.45, 7) is 0.0671. The van der Waals surface area contributed by atoms with Gasteiger partial charge in [-0.05, 0) is 40.4 Å². The summed E-state index contributed by atoms with van der Waals surface area (Å²) in [4.78, 5) is 42.3. The summed E-state index contributed by atoms with van der Waals surface area (Å²) in [6, 6.07) is 10.2. The van der Waals surface area contributed by atoms with Gasteiger partial charge >= 0.3 is 5.82 Å². The zero-order valence-corrected chi connectivity index (χ0v) is 14.3. The summed E-state index contributed by atoms with van der Waals surface area (Å²) in [6.07, 6.45) is 1.73. The van der Waals surface area contributed by atoms with Gasteiger partial charge in [0.15, 0.2) is 12.4 Å². The van der Waals surface area contributed by atoms with Crippen LogP contribution in [-0.2, 0) is 16.0 Å². The van der Waals surface area contributed by atoms with E-state index in [-0.39, 0.29) is 30.6 Å². The molecule has 0 aliphatic carbocycles. The molecule has 1 aromatic carbocycles. The van der Waals surface area contributed by atoms with E-state index in [1.54, 1.807) is 4.90 Å². The molecule has 0 unspecified atom stereocenters. The van der Waals surface area contributed by atoms with E-state index in [2.05, 4.69) is 4.98 Å². The fourth-order valence-corrected chi connectivity index (χ4v) is 3.35. The van der Waals surface area contributed by atoms with Gasteiger partial charge < -0.3 is 19.8 Å². The van der Waals surface area contributed by atoms with Crippen molar-refractivity contribution in [2.75, 3.05) is 29.5 Å². The van der Waals surface area contributed by atoms with Crippen molar-refractivity contribution in [3.63, 3.8) is 0 Å². The molecule has 0 atom stereocenters. The monoisotopic (exact) mass is 368 g/mol. The lowest BCUT2D eigenvalue weighted by Gasteiger charge is -2.32. The molecule has 0 bridgehead atoms. The highest BCUT2D eigenvalue weighted by atomic mass is 16.6. The molecule has 0 saturated heterocycles. The minimum absolute atomic E-state index is 0.000838. The van der Waals surface area contributed by atoms with Crippen LogP contribution in [0.5, 0.6) is 5.75 Å². The van der Waals surface area contributed by atoms with E-state index in [0.717, 1.165) is 29.0 Å². The van der Waals surface area contributed by atoms with Crippen LogP contribution in [0.25, 0.3) is 0 Å². The zero-order valence-electron chi connectivity index (χ0n) is 14.3. The molecule has 0 saturated carbocycles. The first-order valence-electron chi connectivity index (χ1n) is 8.51. The largest absolute Gasteiger partial charge is 0.477 e. The summed E-state index contributed by atoms with van der Waals surface area (Å²) in [7, 11) is 0. The molecule has 0 fully saturated rings. The van der Waals surface area contributed by atoms with Gasteiger partial charge in [0.25, 0.3) is 11.7 Å². The van der Waals surface area contributed by atoms with Gasteiger partial charge in [-0.1, -0.05) is 18.2 Å². The third-order valence-corrected chi connectivity index (χ3v) is 4.62. The van der Waals surface area contributed by atoms with Crippen molar-refractivity contribution in [1.29, 1.82) is 0 Å². The van der Waals surface area contributed by atoms with Crippen LogP contribution in [-0.4, -0.2) is 41.4 Å². The van der Waals surface area contributed by atoms with Crippen molar-refractivity contribution in [2.45, 2.75) is 12.8 Å². The summed E-state index contributed by atoms with van der Waals surface area (Å²) in [5.74, 6) is -0.898. The molecular formula is C18H16N4O5. The molecule has 1 aromatic heterocycles. The first-order valence-corrected chi connectivity index (χ1v) is 8.51. The second-order valence-electron chi connectivity index (χ2n) is 6.29. The van der Waals surface area contributed by atoms with Crippen LogP contribution in [0.4, 0.5) is 17.3 Å². The first kappa shape index (κ1) is 17.0. The number of aryl methyl sites for hydroxylation is 1. The lowest BCUT2D eigenvalue weighted by atomic mass is 10.0. The molecule has 27 heavy (non-hydrogen) atoms. The quantitative estimate of drug-likeness (QED) is 0.603. The van der Waals surface area contributed by atoms with Crippen LogP contribution in [0.2, 0.25) is 0 Å². The van der Waals surface area contributed by atoms with Crippen LogP contribution in [0.3, 0.4) is 0 Å². The SMILES string of the molecule is O=C(CN1C(=O)COc2ccc([N+](=O)[O-])nc21)N1CCCc2ccccc21. The maximum atomic E-state index is 12.9. The average Bonchev–Trinajstić information content (AvgIpc) is 2.69. The highest BCUT2D eigenvalue weighted by Crippen LogP contribution is 2.33. The minimum Gasteiger partial charge on any atom is -0.477 e. The van der Waals surface area contributed by atoms with Gasteiger partial charge in [-0.2, -0.15) is 0 Å². The summed E-state index contributed by atoms with van der Waals surface area (Å²) < 4.78 is 5.28. The number of nitrogens with zero attached hydrogens (tertiary/aromatic N) is 4. The van der Waals surface area contributed by atoms with Gasteiger partial charge in [0.2, 0.25) is 5.91 Å². The number of carbonyl (C=O) groups excluding carboxylic acids is 2. The second-order valence-corrected chi connectivity index (χ2v) is 6.29. The lowest BCUT2D eigenvalue weighted by Crippen LogP contribution is -2.48. The number of carbonyl (C=O) groups is 2. The molecule has 0 spiro atoms. The smallest absolute Gasteiger partial charge is 0.366 e. The maximum absolute atomic E-state index is 12.9. The van der Waals surface area contributed by atoms with Crippen molar-refractivity contribution in [1.82, 2.24) is 4.98 Å². The fourth-order valence-electron chi connectivity index (χ4n) is 3.35. The van der Waals surface area contributed by atoms with Gasteiger partial charge in [-0.15, -0.1) is 0 Å². The van der Waals surface area contributed by atoms with Gasteiger partial charge in [0.05, 0.1) is 0 Å². The number of nitro groups is 1. The van der Waals surface area contributed by atoms with Crippen LogP contribution in [0.15, 0.2) is 36.4 Å². The van der Waals surface area contributed by atoms with Gasteiger partial charge in [-0.25, -0.2) is 0 Å². The summed E-state index contributed by atoms with van der Waals surface area (Å²) in [5.41, 5.74) is 1.92. The highest BCUT2D eigenvalue weighted by molar-refractivity contribution is 6.05. The van der Waals surface area contributed by atoms with Gasteiger partial charge in [-0.3, -0.25) is 14.5 Å². The number of hydrogen-bond acceptors (Lipinski definition) is 6. The van der Waals surface area contributed by atoms with Crippen LogP contribution >= 0.6 is 0 Å².